The summed E-state index contributed by atoms with van der Waals surface area (Å²) >= 11 is 10.7. The van der Waals surface area contributed by atoms with Gasteiger partial charge in [0.2, 0.25) is 0 Å². The van der Waals surface area contributed by atoms with E-state index in [1.165, 1.54) is 11.3 Å². The van der Waals surface area contributed by atoms with Crippen molar-refractivity contribution >= 4 is 38.9 Å². The fraction of sp³-hybridized carbons (Fsp3) is 0.556. The Labute approximate surface area is 95.9 Å². The summed E-state index contributed by atoms with van der Waals surface area (Å²) in [4.78, 5) is 0.907. The van der Waals surface area contributed by atoms with Gasteiger partial charge in [-0.2, -0.15) is 0 Å². The van der Waals surface area contributed by atoms with Crippen molar-refractivity contribution in [3.63, 3.8) is 0 Å². The van der Waals surface area contributed by atoms with Crippen LogP contribution in [0.15, 0.2) is 9.85 Å². The van der Waals surface area contributed by atoms with Crippen molar-refractivity contribution in [1.29, 1.82) is 0 Å². The van der Waals surface area contributed by atoms with Gasteiger partial charge < -0.3 is 5.11 Å². The van der Waals surface area contributed by atoms with Gasteiger partial charge in [0.25, 0.3) is 0 Å². The minimum absolute atomic E-state index is 0.145. The molecule has 74 valence electrons. The number of hydrogen-bond acceptors (Lipinski definition) is 2. The summed E-state index contributed by atoms with van der Waals surface area (Å²) in [6.45, 7) is 6.00. The van der Waals surface area contributed by atoms with Gasteiger partial charge in [-0.1, -0.05) is 32.4 Å². The van der Waals surface area contributed by atoms with Crippen LogP contribution in [0.3, 0.4) is 0 Å². The van der Waals surface area contributed by atoms with Crippen molar-refractivity contribution in [2.24, 2.45) is 5.41 Å². The molecule has 1 N–H and O–H groups in total. The molecule has 0 fully saturated rings. The molecule has 0 spiro atoms. The Bertz CT molecular complexity index is 284. The highest BCUT2D eigenvalue weighted by Gasteiger charge is 2.25. The first-order valence-corrected chi connectivity index (χ1v) is 5.94. The van der Waals surface area contributed by atoms with Crippen molar-refractivity contribution in [2.75, 3.05) is 0 Å². The van der Waals surface area contributed by atoms with E-state index >= 15 is 0 Å². The summed E-state index contributed by atoms with van der Waals surface area (Å²) in [5.41, 5.74) is -0.145. The third-order valence-electron chi connectivity index (χ3n) is 1.75. The lowest BCUT2D eigenvalue weighted by Gasteiger charge is -2.24. The second-order valence-electron chi connectivity index (χ2n) is 4.04. The maximum absolute atomic E-state index is 9.93. The number of thiophene rings is 1. The first-order chi connectivity index (χ1) is 5.82. The van der Waals surface area contributed by atoms with Gasteiger partial charge in [0.1, 0.15) is 0 Å². The summed E-state index contributed by atoms with van der Waals surface area (Å²) in [6, 6.07) is 1.81. The van der Waals surface area contributed by atoms with E-state index < -0.39 is 6.10 Å². The Morgan fingerprint density at radius 2 is 2.08 bits per heavy atom. The Hall–Kier alpha value is 0.430. The highest BCUT2D eigenvalue weighted by molar-refractivity contribution is 9.11. The summed E-state index contributed by atoms with van der Waals surface area (Å²) in [5, 5.41) is 10.6. The lowest BCUT2D eigenvalue weighted by molar-refractivity contribution is 0.0658. The summed E-state index contributed by atoms with van der Waals surface area (Å²) in [7, 11) is 0. The van der Waals surface area contributed by atoms with E-state index in [1.54, 1.807) is 0 Å². The molecule has 0 aliphatic carbocycles. The number of halogens is 2. The minimum Gasteiger partial charge on any atom is -0.387 e. The molecule has 0 bridgehead atoms. The van der Waals surface area contributed by atoms with Gasteiger partial charge >= 0.3 is 0 Å². The monoisotopic (exact) mass is 282 g/mol. The van der Waals surface area contributed by atoms with Crippen molar-refractivity contribution in [2.45, 2.75) is 26.9 Å². The number of aliphatic hydroxyl groups excluding tert-OH is 1. The van der Waals surface area contributed by atoms with Crippen LogP contribution in [-0.2, 0) is 0 Å². The van der Waals surface area contributed by atoms with E-state index in [1.807, 2.05) is 26.8 Å². The first-order valence-electron chi connectivity index (χ1n) is 3.95. The predicted octanol–water partition coefficient (Wildman–Crippen LogP) is 4.24. The van der Waals surface area contributed by atoms with Crippen LogP contribution >= 0.6 is 38.9 Å². The summed E-state index contributed by atoms with van der Waals surface area (Å²) in [5.74, 6) is 0. The Morgan fingerprint density at radius 3 is 2.38 bits per heavy atom. The van der Waals surface area contributed by atoms with Gasteiger partial charge in [0.05, 0.1) is 14.9 Å². The standard InChI is InChI=1S/C9H12BrClOS/c1-9(2,3)7(12)6-4-5(11)8(10)13-6/h4,7,12H,1-3H3. The molecule has 1 unspecified atom stereocenters. The first kappa shape index (κ1) is 11.5. The smallest absolute Gasteiger partial charge is 0.0930 e. The van der Waals surface area contributed by atoms with Crippen LogP contribution in [0.25, 0.3) is 0 Å². The molecule has 0 amide bonds. The maximum atomic E-state index is 9.93. The molecule has 1 nitrogen and oxygen atoms in total. The van der Waals surface area contributed by atoms with E-state index in [4.69, 9.17) is 11.6 Å². The molecule has 0 aromatic carbocycles. The molecular weight excluding hydrogens is 272 g/mol. The Kier molecular flexibility index (Phi) is 3.44. The van der Waals surface area contributed by atoms with Gasteiger partial charge in [-0.05, 0) is 27.4 Å². The van der Waals surface area contributed by atoms with Crippen molar-refractivity contribution in [3.05, 3.63) is 19.8 Å². The lowest BCUT2D eigenvalue weighted by Crippen LogP contribution is -2.16. The molecule has 0 aliphatic heterocycles. The quantitative estimate of drug-likeness (QED) is 0.817. The molecule has 0 saturated carbocycles. The van der Waals surface area contributed by atoms with Gasteiger partial charge in [0.15, 0.2) is 0 Å². The zero-order valence-corrected chi connectivity index (χ0v) is 10.9. The van der Waals surface area contributed by atoms with E-state index in [9.17, 15) is 5.11 Å². The van der Waals surface area contributed by atoms with E-state index in [0.29, 0.717) is 5.02 Å². The van der Waals surface area contributed by atoms with E-state index in [0.717, 1.165) is 8.66 Å². The second kappa shape index (κ2) is 3.89. The third kappa shape index (κ3) is 2.69. The molecule has 4 heteroatoms. The lowest BCUT2D eigenvalue weighted by atomic mass is 9.88. The third-order valence-corrected chi connectivity index (χ3v) is 4.28. The summed E-state index contributed by atoms with van der Waals surface area (Å²) < 4.78 is 0.882. The molecule has 13 heavy (non-hydrogen) atoms. The van der Waals surface area contributed by atoms with Crippen LogP contribution in [-0.4, -0.2) is 5.11 Å². The molecule has 1 aromatic heterocycles. The highest BCUT2D eigenvalue weighted by atomic mass is 79.9. The van der Waals surface area contributed by atoms with Crippen LogP contribution in [0, 0.1) is 5.41 Å². The SMILES string of the molecule is CC(C)(C)C(O)c1cc(Cl)c(Br)s1. The fourth-order valence-corrected chi connectivity index (χ4v) is 2.90. The van der Waals surface area contributed by atoms with Crippen LogP contribution in [0.5, 0.6) is 0 Å². The summed E-state index contributed by atoms with van der Waals surface area (Å²) in [6.07, 6.45) is -0.457. The largest absolute Gasteiger partial charge is 0.387 e. The van der Waals surface area contributed by atoms with Crippen molar-refractivity contribution in [3.8, 4) is 0 Å². The minimum atomic E-state index is -0.457. The Balaban J connectivity index is 2.96. The molecule has 0 radical (unpaired) electrons. The maximum Gasteiger partial charge on any atom is 0.0930 e. The zero-order chi connectivity index (χ0) is 10.2. The van der Waals surface area contributed by atoms with E-state index in [2.05, 4.69) is 15.9 Å². The van der Waals surface area contributed by atoms with Crippen molar-refractivity contribution < 1.29 is 5.11 Å². The highest BCUT2D eigenvalue weighted by Crippen LogP contribution is 2.41. The van der Waals surface area contributed by atoms with E-state index in [-0.39, 0.29) is 5.41 Å². The molecule has 1 aromatic rings. The predicted molar refractivity (Wildman–Crippen MR) is 61.4 cm³/mol. The van der Waals surface area contributed by atoms with Crippen LogP contribution in [0.2, 0.25) is 5.02 Å². The van der Waals surface area contributed by atoms with Crippen LogP contribution < -0.4 is 0 Å². The average molecular weight is 284 g/mol. The molecule has 1 heterocycles. The molecular formula is C9H12BrClOS. The van der Waals surface area contributed by atoms with Crippen LogP contribution in [0.4, 0.5) is 0 Å². The number of rotatable bonds is 1. The second-order valence-corrected chi connectivity index (χ2v) is 6.85. The van der Waals surface area contributed by atoms with Gasteiger partial charge in [-0.25, -0.2) is 0 Å². The number of hydrogen-bond donors (Lipinski definition) is 1. The topological polar surface area (TPSA) is 20.2 Å². The normalized spacial score (nSPS) is 14.6. The van der Waals surface area contributed by atoms with Crippen LogP contribution in [0.1, 0.15) is 31.8 Å². The molecule has 1 rings (SSSR count). The van der Waals surface area contributed by atoms with Gasteiger partial charge in [-0.15, -0.1) is 11.3 Å². The number of aliphatic hydroxyl groups is 1. The molecule has 1 atom stereocenters. The average Bonchev–Trinajstić information content (AvgIpc) is 2.29. The zero-order valence-electron chi connectivity index (χ0n) is 7.77. The van der Waals surface area contributed by atoms with Gasteiger partial charge in [0, 0.05) is 4.88 Å². The molecule has 0 saturated heterocycles. The fourth-order valence-electron chi connectivity index (χ4n) is 0.925. The molecule has 0 aliphatic rings. The van der Waals surface area contributed by atoms with Crippen molar-refractivity contribution in [1.82, 2.24) is 0 Å². The van der Waals surface area contributed by atoms with Gasteiger partial charge in [-0.3, -0.25) is 0 Å². The Morgan fingerprint density at radius 1 is 1.54 bits per heavy atom.